The molecule has 0 aromatic carbocycles. The third-order valence-corrected chi connectivity index (χ3v) is 4.18. The fourth-order valence-corrected chi connectivity index (χ4v) is 3.20. The van der Waals surface area contributed by atoms with Gasteiger partial charge in [0.1, 0.15) is 0 Å². The van der Waals surface area contributed by atoms with E-state index in [1.54, 1.807) is 7.11 Å². The van der Waals surface area contributed by atoms with Gasteiger partial charge in [-0.05, 0) is 36.8 Å². The second-order valence-electron chi connectivity index (χ2n) is 4.03. The molecule has 1 unspecified atom stereocenters. The predicted molar refractivity (Wildman–Crippen MR) is 59.9 cm³/mol. The molecular weight excluding hydrogens is 194 g/mol. The van der Waals surface area contributed by atoms with Crippen LogP contribution < -0.4 is 5.32 Å². The Morgan fingerprint density at radius 3 is 3.29 bits per heavy atom. The van der Waals surface area contributed by atoms with Crippen LogP contribution in [0.3, 0.4) is 0 Å². The lowest BCUT2D eigenvalue weighted by Crippen LogP contribution is -2.44. The summed E-state index contributed by atoms with van der Waals surface area (Å²) in [5.41, 5.74) is 1.66. The van der Waals surface area contributed by atoms with E-state index in [9.17, 15) is 0 Å². The van der Waals surface area contributed by atoms with E-state index in [0.717, 1.165) is 19.6 Å². The van der Waals surface area contributed by atoms with Gasteiger partial charge in [-0.1, -0.05) is 0 Å². The summed E-state index contributed by atoms with van der Waals surface area (Å²) in [5, 5.41) is 5.80. The van der Waals surface area contributed by atoms with Crippen molar-refractivity contribution in [1.82, 2.24) is 5.32 Å². The van der Waals surface area contributed by atoms with E-state index < -0.39 is 0 Å². The van der Waals surface area contributed by atoms with Crippen molar-refractivity contribution < 1.29 is 4.74 Å². The van der Waals surface area contributed by atoms with Crippen LogP contribution in [-0.2, 0) is 16.7 Å². The van der Waals surface area contributed by atoms with E-state index >= 15 is 0 Å². The summed E-state index contributed by atoms with van der Waals surface area (Å²) < 4.78 is 5.17. The summed E-state index contributed by atoms with van der Waals surface area (Å²) in [5.74, 6) is 0. The lowest BCUT2D eigenvalue weighted by Gasteiger charge is -2.35. The number of hydrogen-bond donors (Lipinski definition) is 1. The zero-order valence-electron chi connectivity index (χ0n) is 8.80. The van der Waals surface area contributed by atoms with Crippen molar-refractivity contribution in [3.8, 4) is 0 Å². The topological polar surface area (TPSA) is 21.3 Å². The van der Waals surface area contributed by atoms with Crippen LogP contribution in [0.15, 0.2) is 11.4 Å². The maximum absolute atomic E-state index is 5.17. The molecule has 14 heavy (non-hydrogen) atoms. The van der Waals surface area contributed by atoms with Gasteiger partial charge in [0, 0.05) is 25.1 Å². The first-order valence-corrected chi connectivity index (χ1v) is 5.95. The summed E-state index contributed by atoms with van der Waals surface area (Å²) in [4.78, 5) is 1.50. The van der Waals surface area contributed by atoms with Gasteiger partial charge in [0.25, 0.3) is 0 Å². The molecule has 0 aliphatic carbocycles. The van der Waals surface area contributed by atoms with Crippen LogP contribution >= 0.6 is 11.3 Å². The quantitative estimate of drug-likeness (QED) is 0.827. The van der Waals surface area contributed by atoms with Gasteiger partial charge in [-0.2, -0.15) is 0 Å². The van der Waals surface area contributed by atoms with Gasteiger partial charge in [-0.25, -0.2) is 0 Å². The normalized spacial score (nSPS) is 26.1. The number of fused-ring (bicyclic) bond motifs is 1. The standard InChI is InChI=1S/C11H17NOS/c1-11(5-7-13-2)10-9(3-6-12-11)4-8-14-10/h4,8,12H,3,5-7H2,1-2H3. The Kier molecular flexibility index (Phi) is 2.91. The van der Waals surface area contributed by atoms with Gasteiger partial charge in [-0.3, -0.25) is 0 Å². The van der Waals surface area contributed by atoms with Crippen molar-refractivity contribution in [3.63, 3.8) is 0 Å². The molecule has 2 nitrogen and oxygen atoms in total. The van der Waals surface area contributed by atoms with E-state index in [2.05, 4.69) is 23.7 Å². The Hall–Kier alpha value is -0.380. The lowest BCUT2D eigenvalue weighted by atomic mass is 9.89. The molecule has 78 valence electrons. The molecule has 1 aliphatic heterocycles. The summed E-state index contributed by atoms with van der Waals surface area (Å²) in [6, 6.07) is 2.26. The van der Waals surface area contributed by atoms with E-state index in [-0.39, 0.29) is 5.54 Å². The highest BCUT2D eigenvalue weighted by atomic mass is 32.1. The molecule has 1 aliphatic rings. The second-order valence-corrected chi connectivity index (χ2v) is 4.94. The minimum atomic E-state index is 0.137. The van der Waals surface area contributed by atoms with Crippen LogP contribution in [0.4, 0.5) is 0 Å². The van der Waals surface area contributed by atoms with E-state index in [4.69, 9.17) is 4.74 Å². The van der Waals surface area contributed by atoms with Crippen molar-refractivity contribution in [1.29, 1.82) is 0 Å². The number of thiophene rings is 1. The highest BCUT2D eigenvalue weighted by Gasteiger charge is 2.32. The van der Waals surface area contributed by atoms with Crippen molar-refractivity contribution in [2.75, 3.05) is 20.3 Å². The SMILES string of the molecule is COCCC1(C)NCCc2ccsc21. The summed E-state index contributed by atoms with van der Waals surface area (Å²) >= 11 is 1.86. The van der Waals surface area contributed by atoms with Crippen LogP contribution in [0.25, 0.3) is 0 Å². The van der Waals surface area contributed by atoms with Gasteiger partial charge in [-0.15, -0.1) is 11.3 Å². The Balaban J connectivity index is 2.21. The first-order chi connectivity index (χ1) is 6.76. The molecule has 0 radical (unpaired) electrons. The third kappa shape index (κ3) is 1.72. The monoisotopic (exact) mass is 211 g/mol. The van der Waals surface area contributed by atoms with Crippen LogP contribution in [0, 0.1) is 0 Å². The average Bonchev–Trinajstić information content (AvgIpc) is 2.65. The van der Waals surface area contributed by atoms with Gasteiger partial charge >= 0.3 is 0 Å². The zero-order chi connectivity index (χ0) is 10.0. The van der Waals surface area contributed by atoms with Gasteiger partial charge in [0.15, 0.2) is 0 Å². The molecule has 1 atom stereocenters. The van der Waals surface area contributed by atoms with Gasteiger partial charge in [0.05, 0.1) is 5.54 Å². The largest absolute Gasteiger partial charge is 0.385 e. The highest BCUT2D eigenvalue weighted by Crippen LogP contribution is 2.35. The molecule has 1 N–H and O–H groups in total. The molecule has 0 fully saturated rings. The minimum absolute atomic E-state index is 0.137. The predicted octanol–water partition coefficient (Wildman–Crippen LogP) is 2.15. The number of hydrogen-bond acceptors (Lipinski definition) is 3. The van der Waals surface area contributed by atoms with Crippen molar-refractivity contribution in [2.45, 2.75) is 25.3 Å². The molecule has 0 spiro atoms. The van der Waals surface area contributed by atoms with Gasteiger partial charge in [0.2, 0.25) is 0 Å². The molecule has 0 saturated carbocycles. The fraction of sp³-hybridized carbons (Fsp3) is 0.636. The molecule has 0 amide bonds. The molecule has 0 bridgehead atoms. The molecule has 0 saturated heterocycles. The Labute approximate surface area is 89.3 Å². The summed E-state index contributed by atoms with van der Waals surface area (Å²) in [6.07, 6.45) is 2.22. The van der Waals surface area contributed by atoms with Crippen molar-refractivity contribution >= 4 is 11.3 Å². The maximum Gasteiger partial charge on any atom is 0.0525 e. The molecule has 3 heteroatoms. The summed E-state index contributed by atoms with van der Waals surface area (Å²) in [6.45, 7) is 4.19. The van der Waals surface area contributed by atoms with Crippen LogP contribution in [0.5, 0.6) is 0 Å². The third-order valence-electron chi connectivity index (χ3n) is 2.96. The fourth-order valence-electron chi connectivity index (χ4n) is 2.08. The zero-order valence-corrected chi connectivity index (χ0v) is 9.62. The maximum atomic E-state index is 5.17. The Bertz CT molecular complexity index is 310. The van der Waals surface area contributed by atoms with E-state index in [0.29, 0.717) is 0 Å². The first kappa shape index (κ1) is 10.1. The van der Waals surface area contributed by atoms with Gasteiger partial charge < -0.3 is 10.1 Å². The van der Waals surface area contributed by atoms with E-state index in [1.807, 2.05) is 11.3 Å². The Morgan fingerprint density at radius 1 is 1.64 bits per heavy atom. The molecule has 2 heterocycles. The Morgan fingerprint density at radius 2 is 2.50 bits per heavy atom. The van der Waals surface area contributed by atoms with Crippen LogP contribution in [-0.4, -0.2) is 20.3 Å². The average molecular weight is 211 g/mol. The number of rotatable bonds is 3. The second kappa shape index (κ2) is 4.01. The van der Waals surface area contributed by atoms with E-state index in [1.165, 1.54) is 16.9 Å². The van der Waals surface area contributed by atoms with Crippen LogP contribution in [0.2, 0.25) is 0 Å². The first-order valence-electron chi connectivity index (χ1n) is 5.07. The van der Waals surface area contributed by atoms with Crippen molar-refractivity contribution in [3.05, 3.63) is 21.9 Å². The molecule has 1 aromatic rings. The molecule has 1 aromatic heterocycles. The van der Waals surface area contributed by atoms with Crippen LogP contribution in [0.1, 0.15) is 23.8 Å². The number of ether oxygens (including phenoxy) is 1. The summed E-state index contributed by atoms with van der Waals surface area (Å²) in [7, 11) is 1.77. The molecule has 2 rings (SSSR count). The highest BCUT2D eigenvalue weighted by molar-refractivity contribution is 7.10. The number of nitrogens with one attached hydrogen (secondary N) is 1. The minimum Gasteiger partial charge on any atom is -0.385 e. The smallest absolute Gasteiger partial charge is 0.0525 e. The lowest BCUT2D eigenvalue weighted by molar-refractivity contribution is 0.158. The van der Waals surface area contributed by atoms with Crippen molar-refractivity contribution in [2.24, 2.45) is 0 Å². The molecular formula is C11H17NOS. The number of methoxy groups -OCH3 is 1.